The number of carbonyl (C=O) groups is 2. The number of benzene rings is 2. The molecule has 1 atom stereocenters. The number of hydrazone groups is 1. The van der Waals surface area contributed by atoms with E-state index in [1.165, 1.54) is 6.21 Å². The molecule has 2 amide bonds. The van der Waals surface area contributed by atoms with Gasteiger partial charge in [0.2, 0.25) is 12.9 Å². The number of rotatable bonds is 5. The molecule has 9 heteroatoms. The minimum atomic E-state index is -0.820. The highest BCUT2D eigenvalue weighted by Crippen LogP contribution is 2.32. The summed E-state index contributed by atoms with van der Waals surface area (Å²) in [6.45, 7) is 0.0270. The zero-order valence-corrected chi connectivity index (χ0v) is 14.7. The first kappa shape index (κ1) is 17.7. The van der Waals surface area contributed by atoms with Gasteiger partial charge in [0, 0.05) is 0 Å². The van der Waals surface area contributed by atoms with Gasteiger partial charge < -0.3 is 24.3 Å². The lowest BCUT2D eigenvalue weighted by atomic mass is 10.2. The largest absolute Gasteiger partial charge is 0.485 e. The first-order chi connectivity index (χ1) is 13.7. The fourth-order valence-corrected chi connectivity index (χ4v) is 2.64. The van der Waals surface area contributed by atoms with Crippen LogP contribution in [0.3, 0.4) is 0 Å². The number of hydrogen-bond acceptors (Lipinski definition) is 7. The summed E-state index contributed by atoms with van der Waals surface area (Å²) < 4.78 is 21.6. The molecule has 0 bridgehead atoms. The Morgan fingerprint density at radius 2 is 1.82 bits per heavy atom. The quantitative estimate of drug-likeness (QED) is 0.585. The van der Waals surface area contributed by atoms with Crippen LogP contribution >= 0.6 is 0 Å². The van der Waals surface area contributed by atoms with Crippen LogP contribution in [0.25, 0.3) is 0 Å². The van der Waals surface area contributed by atoms with Crippen molar-refractivity contribution in [2.24, 2.45) is 5.10 Å². The molecule has 2 aliphatic heterocycles. The van der Waals surface area contributed by atoms with Crippen LogP contribution in [-0.2, 0) is 9.59 Å². The molecule has 0 fully saturated rings. The summed E-state index contributed by atoms with van der Waals surface area (Å²) in [6.07, 6.45) is 0.649. The normalized spacial score (nSPS) is 16.6. The lowest BCUT2D eigenvalue weighted by Gasteiger charge is -2.25. The summed E-state index contributed by atoms with van der Waals surface area (Å²) in [7, 11) is 0. The first-order valence-corrected chi connectivity index (χ1v) is 8.57. The third kappa shape index (κ3) is 3.98. The van der Waals surface area contributed by atoms with E-state index in [9.17, 15) is 9.59 Å². The average molecular weight is 383 g/mol. The molecule has 2 aromatic rings. The van der Waals surface area contributed by atoms with Gasteiger partial charge in [-0.2, -0.15) is 5.10 Å². The molecule has 28 heavy (non-hydrogen) atoms. The van der Waals surface area contributed by atoms with Crippen molar-refractivity contribution < 1.29 is 28.5 Å². The zero-order valence-electron chi connectivity index (χ0n) is 14.7. The molecule has 2 aliphatic rings. The predicted octanol–water partition coefficient (Wildman–Crippen LogP) is 0.822. The number of carbonyl (C=O) groups excluding carboxylic acids is 2. The molecule has 2 N–H and O–H groups in total. The highest BCUT2D eigenvalue weighted by Gasteiger charge is 2.27. The molecule has 0 saturated heterocycles. The number of fused-ring (bicyclic) bond motifs is 2. The van der Waals surface area contributed by atoms with Crippen LogP contribution in [0.4, 0.5) is 0 Å². The van der Waals surface area contributed by atoms with Crippen LogP contribution in [0.2, 0.25) is 0 Å². The van der Waals surface area contributed by atoms with E-state index in [1.54, 1.807) is 36.4 Å². The monoisotopic (exact) mass is 383 g/mol. The number of hydrogen-bond donors (Lipinski definition) is 2. The van der Waals surface area contributed by atoms with E-state index in [2.05, 4.69) is 15.8 Å². The van der Waals surface area contributed by atoms with Crippen LogP contribution in [0, 0.1) is 0 Å². The maximum atomic E-state index is 12.2. The topological polar surface area (TPSA) is 107 Å². The molecule has 2 aromatic carbocycles. The Morgan fingerprint density at radius 3 is 2.71 bits per heavy atom. The van der Waals surface area contributed by atoms with Gasteiger partial charge in [-0.1, -0.05) is 12.1 Å². The van der Waals surface area contributed by atoms with Gasteiger partial charge in [-0.15, -0.1) is 0 Å². The predicted molar refractivity (Wildman–Crippen MR) is 97.7 cm³/mol. The molecule has 0 aromatic heterocycles. The van der Waals surface area contributed by atoms with Crippen molar-refractivity contribution in [2.75, 3.05) is 19.9 Å². The van der Waals surface area contributed by atoms with E-state index < -0.39 is 17.9 Å². The van der Waals surface area contributed by atoms with Crippen LogP contribution in [0.15, 0.2) is 47.6 Å². The molecule has 0 radical (unpaired) electrons. The second kappa shape index (κ2) is 7.87. The summed E-state index contributed by atoms with van der Waals surface area (Å²) in [6, 6.07) is 12.4. The van der Waals surface area contributed by atoms with E-state index in [0.29, 0.717) is 23.0 Å². The third-order valence-electron chi connectivity index (χ3n) is 4.02. The number of nitrogens with one attached hydrogen (secondary N) is 2. The van der Waals surface area contributed by atoms with Gasteiger partial charge in [-0.3, -0.25) is 9.59 Å². The van der Waals surface area contributed by atoms with Gasteiger partial charge in [0.05, 0.1) is 12.8 Å². The molecule has 0 saturated carbocycles. The molecule has 0 aliphatic carbocycles. The SMILES string of the molecule is O=C(CNC(=O)[C@@H]1COc2ccccc2O1)N/N=C\c1ccc2c(c1)OCO2. The van der Waals surface area contributed by atoms with Crippen LogP contribution in [0.1, 0.15) is 5.56 Å². The highest BCUT2D eigenvalue weighted by molar-refractivity contribution is 5.88. The second-order valence-electron chi connectivity index (χ2n) is 5.99. The molecule has 0 spiro atoms. The fourth-order valence-electron chi connectivity index (χ4n) is 2.64. The van der Waals surface area contributed by atoms with Gasteiger partial charge in [0.1, 0.15) is 6.61 Å². The Bertz CT molecular complexity index is 930. The summed E-state index contributed by atoms with van der Waals surface area (Å²) in [5.74, 6) is 1.46. The Kier molecular flexibility index (Phi) is 4.96. The van der Waals surface area contributed by atoms with E-state index in [0.717, 1.165) is 5.56 Å². The fraction of sp³-hybridized carbons (Fsp3) is 0.211. The van der Waals surface area contributed by atoms with E-state index in [1.807, 2.05) is 6.07 Å². The Hall–Kier alpha value is -3.75. The molecule has 9 nitrogen and oxygen atoms in total. The van der Waals surface area contributed by atoms with E-state index in [4.69, 9.17) is 18.9 Å². The smallest absolute Gasteiger partial charge is 0.265 e. The number of amides is 2. The van der Waals surface area contributed by atoms with Gasteiger partial charge in [0.25, 0.3) is 11.8 Å². The average Bonchev–Trinajstić information content (AvgIpc) is 3.19. The van der Waals surface area contributed by atoms with E-state index >= 15 is 0 Å². The number of ether oxygens (including phenoxy) is 4. The van der Waals surface area contributed by atoms with Gasteiger partial charge in [0.15, 0.2) is 23.0 Å². The molecular formula is C19H17N3O6. The Labute approximate surface area is 160 Å². The third-order valence-corrected chi connectivity index (χ3v) is 4.02. The number of nitrogens with zero attached hydrogens (tertiary/aromatic N) is 1. The lowest BCUT2D eigenvalue weighted by molar-refractivity contribution is -0.132. The van der Waals surface area contributed by atoms with Gasteiger partial charge in [-0.25, -0.2) is 5.43 Å². The molecule has 0 unspecified atom stereocenters. The molecule has 2 heterocycles. The standard InChI is InChI=1S/C19H17N3O6/c23-18(22-21-8-12-5-6-14-16(7-12)27-11-26-14)9-20-19(24)17-10-25-13-3-1-2-4-15(13)28-17/h1-8,17H,9-11H2,(H,20,24)(H,22,23)/b21-8-/t17-/m0/s1. The Balaban J connectivity index is 1.23. The summed E-state index contributed by atoms with van der Waals surface area (Å²) >= 11 is 0. The van der Waals surface area contributed by atoms with Crippen molar-refractivity contribution in [1.29, 1.82) is 0 Å². The molecule has 144 valence electrons. The minimum absolute atomic E-state index is 0.0761. The van der Waals surface area contributed by atoms with Crippen molar-refractivity contribution in [1.82, 2.24) is 10.7 Å². The van der Waals surface area contributed by atoms with Crippen molar-refractivity contribution >= 4 is 18.0 Å². The summed E-state index contributed by atoms with van der Waals surface area (Å²) in [5.41, 5.74) is 3.08. The molecular weight excluding hydrogens is 366 g/mol. The minimum Gasteiger partial charge on any atom is -0.485 e. The first-order valence-electron chi connectivity index (χ1n) is 8.57. The zero-order chi connectivity index (χ0) is 19.3. The lowest BCUT2D eigenvalue weighted by Crippen LogP contribution is -2.46. The van der Waals surface area contributed by atoms with Gasteiger partial charge >= 0.3 is 0 Å². The van der Waals surface area contributed by atoms with Crippen LogP contribution < -0.4 is 29.7 Å². The van der Waals surface area contributed by atoms with Crippen molar-refractivity contribution in [3.8, 4) is 23.0 Å². The molecule has 4 rings (SSSR count). The summed E-state index contributed by atoms with van der Waals surface area (Å²) in [4.78, 5) is 24.0. The van der Waals surface area contributed by atoms with Crippen molar-refractivity contribution in [2.45, 2.75) is 6.10 Å². The van der Waals surface area contributed by atoms with Gasteiger partial charge in [-0.05, 0) is 35.9 Å². The number of para-hydroxylation sites is 2. The van der Waals surface area contributed by atoms with Crippen LogP contribution in [-0.4, -0.2) is 44.1 Å². The highest BCUT2D eigenvalue weighted by atomic mass is 16.7. The Morgan fingerprint density at radius 1 is 1.04 bits per heavy atom. The van der Waals surface area contributed by atoms with Crippen LogP contribution in [0.5, 0.6) is 23.0 Å². The maximum Gasteiger partial charge on any atom is 0.265 e. The maximum absolute atomic E-state index is 12.2. The van der Waals surface area contributed by atoms with Crippen molar-refractivity contribution in [3.63, 3.8) is 0 Å². The second-order valence-corrected chi connectivity index (χ2v) is 5.99. The summed E-state index contributed by atoms with van der Waals surface area (Å²) in [5, 5.41) is 6.36. The van der Waals surface area contributed by atoms with Crippen molar-refractivity contribution in [3.05, 3.63) is 48.0 Å². The van der Waals surface area contributed by atoms with E-state index in [-0.39, 0.29) is 19.9 Å².